The van der Waals surface area contributed by atoms with Crippen molar-refractivity contribution in [2.75, 3.05) is 18.4 Å². The van der Waals surface area contributed by atoms with Gasteiger partial charge in [-0.15, -0.1) is 0 Å². The largest absolute Gasteiger partial charge is 0.332 e. The highest BCUT2D eigenvalue weighted by Gasteiger charge is 2.27. The zero-order valence-electron chi connectivity index (χ0n) is 17.3. The van der Waals surface area contributed by atoms with Gasteiger partial charge in [0.2, 0.25) is 15.9 Å². The number of piperidine rings is 1. The second-order valence-electron chi connectivity index (χ2n) is 7.70. The molecule has 0 unspecified atom stereocenters. The van der Waals surface area contributed by atoms with Gasteiger partial charge < -0.3 is 10.6 Å². The van der Waals surface area contributed by atoms with Crippen LogP contribution in [0.3, 0.4) is 0 Å². The maximum atomic E-state index is 12.8. The minimum absolute atomic E-state index is 0.157. The molecule has 1 aliphatic rings. The fourth-order valence-corrected chi connectivity index (χ4v) is 5.32. The van der Waals surface area contributed by atoms with Crippen LogP contribution in [0.25, 0.3) is 0 Å². The van der Waals surface area contributed by atoms with Crippen LogP contribution >= 0.6 is 23.8 Å². The number of aryl methyl sites for hydroxylation is 1. The summed E-state index contributed by atoms with van der Waals surface area (Å²) in [6, 6.07) is 13.8. The van der Waals surface area contributed by atoms with E-state index >= 15 is 0 Å². The van der Waals surface area contributed by atoms with Crippen LogP contribution in [-0.2, 0) is 21.2 Å². The molecule has 0 aromatic heterocycles. The third-order valence-electron chi connectivity index (χ3n) is 5.32. The van der Waals surface area contributed by atoms with Crippen LogP contribution in [0.4, 0.5) is 5.69 Å². The van der Waals surface area contributed by atoms with Gasteiger partial charge in [-0.1, -0.05) is 36.7 Å². The Bertz CT molecular complexity index is 1030. The lowest BCUT2D eigenvalue weighted by molar-refractivity contribution is -0.119. The Morgan fingerprint density at radius 3 is 2.42 bits per heavy atom. The summed E-state index contributed by atoms with van der Waals surface area (Å²) >= 11 is 11.3. The van der Waals surface area contributed by atoms with E-state index in [9.17, 15) is 13.2 Å². The van der Waals surface area contributed by atoms with Gasteiger partial charge in [0.25, 0.3) is 0 Å². The van der Waals surface area contributed by atoms with Gasteiger partial charge in [0.1, 0.15) is 0 Å². The minimum atomic E-state index is -3.49. The monoisotopic (exact) mass is 479 g/mol. The second-order valence-corrected chi connectivity index (χ2v) is 10.5. The molecular weight excluding hydrogens is 454 g/mol. The quantitative estimate of drug-likeness (QED) is 0.607. The number of hydrogen-bond acceptors (Lipinski definition) is 4. The molecule has 0 atom stereocenters. The first-order valence-corrected chi connectivity index (χ1v) is 12.4. The van der Waals surface area contributed by atoms with Crippen molar-refractivity contribution in [2.24, 2.45) is 5.92 Å². The predicted octanol–water partition coefficient (Wildman–Crippen LogP) is 4.21. The molecule has 166 valence electrons. The topological polar surface area (TPSA) is 78.5 Å². The minimum Gasteiger partial charge on any atom is -0.332 e. The van der Waals surface area contributed by atoms with Gasteiger partial charge in [-0.05, 0) is 73.3 Å². The van der Waals surface area contributed by atoms with Crippen LogP contribution in [0.5, 0.6) is 0 Å². The van der Waals surface area contributed by atoms with Crippen molar-refractivity contribution in [3.63, 3.8) is 0 Å². The number of halogens is 1. The van der Waals surface area contributed by atoms with E-state index in [2.05, 4.69) is 17.6 Å². The number of benzene rings is 2. The standard InChI is InChI=1S/C22H26ClN3O3S2/c1-16-12-14-26(15-13-16)31(28,29)19-9-7-18(8-10-19)24-22(30)25-21(27)11-6-17-4-2-3-5-20(17)23/h2-5,7-10,16H,6,11-15H2,1H3,(H2,24,25,27,30). The molecule has 1 fully saturated rings. The van der Waals surface area contributed by atoms with Crippen LogP contribution in [0.1, 0.15) is 31.7 Å². The molecule has 1 amide bonds. The summed E-state index contributed by atoms with van der Waals surface area (Å²) in [6.45, 7) is 3.24. The van der Waals surface area contributed by atoms with Crippen molar-refractivity contribution in [1.82, 2.24) is 9.62 Å². The molecule has 0 spiro atoms. The third-order valence-corrected chi connectivity index (χ3v) is 7.81. The zero-order valence-corrected chi connectivity index (χ0v) is 19.7. The van der Waals surface area contributed by atoms with Gasteiger partial charge in [0, 0.05) is 30.2 Å². The van der Waals surface area contributed by atoms with Crippen molar-refractivity contribution >= 4 is 50.5 Å². The number of nitrogens with one attached hydrogen (secondary N) is 2. The number of hydrogen-bond donors (Lipinski definition) is 2. The Labute approximate surface area is 194 Å². The summed E-state index contributed by atoms with van der Waals surface area (Å²) < 4.78 is 27.1. The highest BCUT2D eigenvalue weighted by Crippen LogP contribution is 2.24. The first kappa shape index (κ1) is 23.7. The molecular formula is C22H26ClN3O3S2. The lowest BCUT2D eigenvalue weighted by atomic mass is 10.0. The molecule has 2 aromatic carbocycles. The van der Waals surface area contributed by atoms with Crippen molar-refractivity contribution < 1.29 is 13.2 Å². The number of sulfonamides is 1. The van der Waals surface area contributed by atoms with E-state index in [1.165, 1.54) is 0 Å². The number of nitrogens with zero attached hydrogens (tertiary/aromatic N) is 1. The lowest BCUT2D eigenvalue weighted by Gasteiger charge is -2.29. The van der Waals surface area contributed by atoms with E-state index in [1.807, 2.05) is 18.2 Å². The molecule has 1 saturated heterocycles. The summed E-state index contributed by atoms with van der Waals surface area (Å²) in [7, 11) is -3.49. The first-order valence-electron chi connectivity index (χ1n) is 10.2. The Morgan fingerprint density at radius 1 is 1.13 bits per heavy atom. The van der Waals surface area contributed by atoms with E-state index in [4.69, 9.17) is 23.8 Å². The fraction of sp³-hybridized carbons (Fsp3) is 0.364. The molecule has 3 rings (SSSR count). The smallest absolute Gasteiger partial charge is 0.243 e. The number of amides is 1. The highest BCUT2D eigenvalue weighted by atomic mass is 35.5. The second kappa shape index (κ2) is 10.5. The van der Waals surface area contributed by atoms with Gasteiger partial charge in [0.15, 0.2) is 5.11 Å². The van der Waals surface area contributed by atoms with Gasteiger partial charge >= 0.3 is 0 Å². The zero-order chi connectivity index (χ0) is 22.4. The van der Waals surface area contributed by atoms with E-state index in [0.29, 0.717) is 36.1 Å². The number of carbonyl (C=O) groups is 1. The van der Waals surface area contributed by atoms with Crippen LogP contribution in [0.15, 0.2) is 53.4 Å². The molecule has 2 N–H and O–H groups in total. The summed E-state index contributed by atoms with van der Waals surface area (Å²) in [5, 5.41) is 6.33. The van der Waals surface area contributed by atoms with Crippen molar-refractivity contribution in [3.05, 3.63) is 59.1 Å². The van der Waals surface area contributed by atoms with E-state index in [0.717, 1.165) is 18.4 Å². The third kappa shape index (κ3) is 6.49. The average molecular weight is 480 g/mol. The fourth-order valence-electron chi connectivity index (χ4n) is 3.39. The SMILES string of the molecule is CC1CCN(S(=O)(=O)c2ccc(NC(=S)NC(=O)CCc3ccccc3Cl)cc2)CC1. The van der Waals surface area contributed by atoms with Gasteiger partial charge in [-0.25, -0.2) is 8.42 Å². The molecule has 9 heteroatoms. The summed E-state index contributed by atoms with van der Waals surface area (Å²) in [4.78, 5) is 12.4. The molecule has 6 nitrogen and oxygen atoms in total. The molecule has 1 heterocycles. The van der Waals surface area contributed by atoms with Gasteiger partial charge in [-0.2, -0.15) is 4.31 Å². The number of rotatable bonds is 6. The number of anilines is 1. The van der Waals surface area contributed by atoms with E-state index < -0.39 is 10.0 Å². The molecule has 1 aliphatic heterocycles. The van der Waals surface area contributed by atoms with E-state index in [-0.39, 0.29) is 22.3 Å². The van der Waals surface area contributed by atoms with Crippen LogP contribution < -0.4 is 10.6 Å². The molecule has 0 aliphatic carbocycles. The van der Waals surface area contributed by atoms with E-state index in [1.54, 1.807) is 34.6 Å². The average Bonchev–Trinajstić information content (AvgIpc) is 2.74. The van der Waals surface area contributed by atoms with Crippen LogP contribution in [0.2, 0.25) is 5.02 Å². The Kier molecular flexibility index (Phi) is 8.05. The molecule has 0 saturated carbocycles. The Hall–Kier alpha value is -2.00. The predicted molar refractivity (Wildman–Crippen MR) is 128 cm³/mol. The van der Waals surface area contributed by atoms with Crippen LogP contribution in [0, 0.1) is 5.92 Å². The summed E-state index contributed by atoms with van der Waals surface area (Å²) in [5.74, 6) is 0.329. The maximum Gasteiger partial charge on any atom is 0.243 e. The van der Waals surface area contributed by atoms with Crippen molar-refractivity contribution in [3.8, 4) is 0 Å². The number of thiocarbonyl (C=S) groups is 1. The van der Waals surface area contributed by atoms with Crippen molar-refractivity contribution in [2.45, 2.75) is 37.5 Å². The number of carbonyl (C=O) groups excluding carboxylic acids is 1. The Balaban J connectivity index is 1.51. The van der Waals surface area contributed by atoms with Crippen molar-refractivity contribution in [1.29, 1.82) is 0 Å². The molecule has 2 aromatic rings. The lowest BCUT2D eigenvalue weighted by Crippen LogP contribution is -2.37. The van der Waals surface area contributed by atoms with Gasteiger partial charge in [-0.3, -0.25) is 4.79 Å². The normalized spacial score (nSPS) is 15.4. The Morgan fingerprint density at radius 2 is 1.77 bits per heavy atom. The first-order chi connectivity index (χ1) is 14.8. The molecule has 31 heavy (non-hydrogen) atoms. The summed E-state index contributed by atoms with van der Waals surface area (Å²) in [5.41, 5.74) is 1.50. The summed E-state index contributed by atoms with van der Waals surface area (Å²) in [6.07, 6.45) is 2.51. The molecule has 0 bridgehead atoms. The maximum absolute atomic E-state index is 12.8. The molecule has 0 radical (unpaired) electrons. The van der Waals surface area contributed by atoms with Crippen LogP contribution in [-0.4, -0.2) is 36.8 Å². The highest BCUT2D eigenvalue weighted by molar-refractivity contribution is 7.89. The van der Waals surface area contributed by atoms with Gasteiger partial charge in [0.05, 0.1) is 4.90 Å².